The van der Waals surface area contributed by atoms with Crippen LogP contribution in [0.5, 0.6) is 0 Å². The Morgan fingerprint density at radius 2 is 1.61 bits per heavy atom. The molecule has 0 radical (unpaired) electrons. The molecular weight excluding hydrogens is 480 g/mol. The van der Waals surface area contributed by atoms with E-state index in [0.29, 0.717) is 12.9 Å². The summed E-state index contributed by atoms with van der Waals surface area (Å²) in [6.45, 7) is 9.03. The van der Waals surface area contributed by atoms with Crippen molar-refractivity contribution in [3.63, 3.8) is 0 Å². The van der Waals surface area contributed by atoms with Crippen LogP contribution in [0.25, 0.3) is 0 Å². The third-order valence-corrected chi connectivity index (χ3v) is 7.36. The van der Waals surface area contributed by atoms with E-state index < -0.39 is 5.97 Å². The zero-order valence-corrected chi connectivity index (χ0v) is 23.7. The number of ether oxygens (including phenoxy) is 2. The lowest BCUT2D eigenvalue weighted by atomic mass is 9.77. The van der Waals surface area contributed by atoms with Gasteiger partial charge in [-0.25, -0.2) is 4.79 Å². The third-order valence-electron chi connectivity index (χ3n) is 7.36. The lowest BCUT2D eigenvalue weighted by Gasteiger charge is -2.28. The summed E-state index contributed by atoms with van der Waals surface area (Å²) in [5.74, 6) is 1.27. The van der Waals surface area contributed by atoms with Gasteiger partial charge in [0, 0.05) is 18.6 Å². The molecule has 1 aliphatic carbocycles. The van der Waals surface area contributed by atoms with Crippen LogP contribution in [-0.4, -0.2) is 56.0 Å². The smallest absolute Gasteiger partial charge is 0.335 e. The number of esters is 1. The number of unbranched alkanes of at least 4 members (excludes halogenated alkanes) is 3. The van der Waals surface area contributed by atoms with Gasteiger partial charge in [-0.05, 0) is 35.8 Å². The maximum atomic E-state index is 11.8. The van der Waals surface area contributed by atoms with E-state index >= 15 is 0 Å². The monoisotopic (exact) mass is 530 g/mol. The Morgan fingerprint density at radius 1 is 0.974 bits per heavy atom. The van der Waals surface area contributed by atoms with Crippen LogP contribution in [-0.2, 0) is 25.5 Å². The second kappa shape index (κ2) is 20.7. The molecule has 0 spiro atoms. The molecule has 1 aromatic carbocycles. The van der Waals surface area contributed by atoms with Crippen LogP contribution in [0, 0.1) is 11.8 Å². The van der Waals surface area contributed by atoms with Crippen LogP contribution in [0.15, 0.2) is 48.6 Å². The number of aliphatic hydroxyl groups is 2. The van der Waals surface area contributed by atoms with Gasteiger partial charge in [-0.15, -0.1) is 0 Å². The number of benzene rings is 1. The molecule has 1 unspecified atom stereocenters. The zero-order chi connectivity index (χ0) is 28.2. The van der Waals surface area contributed by atoms with Gasteiger partial charge in [-0.3, -0.25) is 4.79 Å². The molecule has 6 heteroatoms. The minimum absolute atomic E-state index is 0.0305. The van der Waals surface area contributed by atoms with Crippen molar-refractivity contribution >= 4 is 12.3 Å². The molecule has 6 nitrogen and oxygen atoms in total. The highest BCUT2D eigenvalue weighted by atomic mass is 16.5. The largest absolute Gasteiger partial charge is 0.462 e. The highest BCUT2D eigenvalue weighted by Gasteiger charge is 2.21. The van der Waals surface area contributed by atoms with Crippen LogP contribution >= 0.6 is 0 Å². The molecule has 0 amide bonds. The van der Waals surface area contributed by atoms with E-state index in [4.69, 9.17) is 19.7 Å². The number of aryl methyl sites for hydroxylation is 1. The minimum atomic E-state index is -0.555. The summed E-state index contributed by atoms with van der Waals surface area (Å²) in [7, 11) is 1.65. The molecule has 0 heterocycles. The first-order chi connectivity index (χ1) is 18.4. The molecule has 0 aromatic heterocycles. The molecule has 0 bridgehead atoms. The van der Waals surface area contributed by atoms with Crippen molar-refractivity contribution in [3.8, 4) is 0 Å². The van der Waals surface area contributed by atoms with Crippen molar-refractivity contribution < 1.29 is 29.3 Å². The van der Waals surface area contributed by atoms with Crippen LogP contribution in [0.4, 0.5) is 0 Å². The van der Waals surface area contributed by atoms with Crippen LogP contribution in [0.1, 0.15) is 88.2 Å². The van der Waals surface area contributed by atoms with Gasteiger partial charge in [0.25, 0.3) is 0 Å². The van der Waals surface area contributed by atoms with E-state index in [9.17, 15) is 9.59 Å². The second-order valence-electron chi connectivity index (χ2n) is 10.5. The van der Waals surface area contributed by atoms with Gasteiger partial charge in [-0.1, -0.05) is 102 Å². The van der Waals surface area contributed by atoms with Crippen LogP contribution in [0.3, 0.4) is 0 Å². The molecule has 1 aromatic rings. The molecule has 1 fully saturated rings. The number of aldehydes is 1. The minimum Gasteiger partial charge on any atom is -0.462 e. The number of methoxy groups -OCH3 is 1. The van der Waals surface area contributed by atoms with Crippen molar-refractivity contribution in [1.82, 2.24) is 0 Å². The number of hydrogen-bond acceptors (Lipinski definition) is 6. The van der Waals surface area contributed by atoms with Crippen molar-refractivity contribution in [2.45, 2.75) is 83.5 Å². The van der Waals surface area contributed by atoms with E-state index in [1.54, 1.807) is 7.11 Å². The van der Waals surface area contributed by atoms with Gasteiger partial charge < -0.3 is 19.7 Å². The maximum absolute atomic E-state index is 11.8. The number of rotatable bonds is 17. The Bertz CT molecular complexity index is 808. The summed E-state index contributed by atoms with van der Waals surface area (Å²) in [5, 5.41) is 17.0. The zero-order valence-electron chi connectivity index (χ0n) is 23.7. The van der Waals surface area contributed by atoms with E-state index in [1.165, 1.54) is 69.8 Å². The van der Waals surface area contributed by atoms with Gasteiger partial charge >= 0.3 is 5.97 Å². The van der Waals surface area contributed by atoms with Crippen LogP contribution in [0.2, 0.25) is 0 Å². The number of carbonyl (C=O) groups excluding carboxylic acids is 2. The van der Waals surface area contributed by atoms with Gasteiger partial charge in [0.2, 0.25) is 0 Å². The number of carbonyl (C=O) groups is 2. The second-order valence-corrected chi connectivity index (χ2v) is 10.5. The average molecular weight is 531 g/mol. The molecule has 2 rings (SSSR count). The van der Waals surface area contributed by atoms with Crippen molar-refractivity contribution in [2.24, 2.45) is 11.8 Å². The Labute approximate surface area is 230 Å². The van der Waals surface area contributed by atoms with Crippen molar-refractivity contribution in [1.29, 1.82) is 0 Å². The van der Waals surface area contributed by atoms with Crippen molar-refractivity contribution in [2.75, 3.05) is 33.5 Å². The summed E-state index contributed by atoms with van der Waals surface area (Å²) < 4.78 is 10.6. The molecule has 0 aliphatic heterocycles. The molecule has 38 heavy (non-hydrogen) atoms. The lowest BCUT2D eigenvalue weighted by Crippen LogP contribution is -2.18. The van der Waals surface area contributed by atoms with E-state index in [2.05, 4.69) is 44.3 Å². The Balaban J connectivity index is 0.00000107. The summed E-state index contributed by atoms with van der Waals surface area (Å²) in [5.41, 5.74) is 2.76. The Morgan fingerprint density at radius 3 is 2.11 bits per heavy atom. The van der Waals surface area contributed by atoms with E-state index in [1.807, 2.05) is 0 Å². The maximum Gasteiger partial charge on any atom is 0.335 e. The molecule has 214 valence electrons. The molecule has 2 N–H and O–H groups in total. The highest BCUT2D eigenvalue weighted by Crippen LogP contribution is 2.34. The predicted octanol–water partition coefficient (Wildman–Crippen LogP) is 5.95. The number of aliphatic hydroxyl groups excluding tert-OH is 2. The average Bonchev–Trinajstić information content (AvgIpc) is 2.96. The third kappa shape index (κ3) is 14.0. The number of hydrogen-bond donors (Lipinski definition) is 2. The first kappa shape index (κ1) is 33.7. The summed E-state index contributed by atoms with van der Waals surface area (Å²) in [4.78, 5) is 21.3. The fraction of sp³-hybridized carbons (Fsp3) is 0.625. The Kier molecular flexibility index (Phi) is 18.3. The topological polar surface area (TPSA) is 93.1 Å². The summed E-state index contributed by atoms with van der Waals surface area (Å²) >= 11 is 0. The molecule has 0 saturated heterocycles. The summed E-state index contributed by atoms with van der Waals surface area (Å²) in [6, 6.07) is 8.65. The van der Waals surface area contributed by atoms with Gasteiger partial charge in [-0.2, -0.15) is 0 Å². The quantitative estimate of drug-likeness (QED) is 0.112. The molecule has 1 atom stereocenters. The first-order valence-electron chi connectivity index (χ1n) is 14.2. The lowest BCUT2D eigenvalue weighted by molar-refractivity contribution is -0.140. The fourth-order valence-corrected chi connectivity index (χ4v) is 4.82. The summed E-state index contributed by atoms with van der Waals surface area (Å²) in [6.07, 6.45) is 15.6. The normalized spacial score (nSPS) is 17.6. The highest BCUT2D eigenvalue weighted by molar-refractivity contribution is 5.87. The van der Waals surface area contributed by atoms with E-state index in [-0.39, 0.29) is 36.9 Å². The van der Waals surface area contributed by atoms with Gasteiger partial charge in [0.05, 0.1) is 25.4 Å². The Hall–Kier alpha value is -2.28. The first-order valence-corrected chi connectivity index (χ1v) is 14.2. The van der Waals surface area contributed by atoms with E-state index in [0.717, 1.165) is 23.8 Å². The molecular formula is C32H50O6. The molecule has 1 aliphatic rings. The molecule has 1 saturated carbocycles. The SMILES string of the molecule is C=C(C=O)CO.C=C(CO)C(=O)OCC(COC)c1ccc(CCC2CCC(CCCCCC)CC2)cc1. The standard InChI is InChI=1S/C28H44O4.C4H6O2/c1-4-5-6-7-8-23-9-11-24(12-10-23)13-14-25-15-17-26(18-16-25)27(20-31-3)21-32-28(30)22(2)19-29;1-4(2-5)3-6/h15-18,23-24,27,29H,2,4-14,19-21H2,1,3H3;2,6H,1,3H2. The van der Waals surface area contributed by atoms with Gasteiger partial charge in [0.15, 0.2) is 0 Å². The predicted molar refractivity (Wildman–Crippen MR) is 153 cm³/mol. The van der Waals surface area contributed by atoms with Gasteiger partial charge in [0.1, 0.15) is 12.9 Å². The fourth-order valence-electron chi connectivity index (χ4n) is 4.82. The van der Waals surface area contributed by atoms with Crippen LogP contribution < -0.4 is 0 Å². The van der Waals surface area contributed by atoms with Crippen molar-refractivity contribution in [3.05, 3.63) is 59.7 Å².